The number of amides is 1. The van der Waals surface area contributed by atoms with Crippen LogP contribution in [-0.2, 0) is 23.8 Å². The number of hydrogen-bond acceptors (Lipinski definition) is 6. The molecule has 0 saturated carbocycles. The Morgan fingerprint density at radius 1 is 0.943 bits per heavy atom. The lowest BCUT2D eigenvalue weighted by Crippen LogP contribution is -3.00. The Morgan fingerprint density at radius 3 is 1.97 bits per heavy atom. The first-order valence-electron chi connectivity index (χ1n) is 12.0. The summed E-state index contributed by atoms with van der Waals surface area (Å²) < 4.78 is 16.7. The molecule has 35 heavy (non-hydrogen) atoms. The van der Waals surface area contributed by atoms with Gasteiger partial charge in [-0.15, -0.1) is 0 Å². The number of hydrogen-bond donors (Lipinski definition) is 1. The van der Waals surface area contributed by atoms with Gasteiger partial charge in [-0.25, -0.2) is 9.59 Å². The van der Waals surface area contributed by atoms with Gasteiger partial charge in [0, 0.05) is 31.4 Å². The molecule has 4 rings (SSSR count). The number of para-hydroxylation sites is 1. The van der Waals surface area contributed by atoms with E-state index in [2.05, 4.69) is 5.32 Å². The van der Waals surface area contributed by atoms with E-state index < -0.39 is 17.3 Å². The zero-order valence-electron chi connectivity index (χ0n) is 22.1. The molecule has 1 aromatic rings. The number of piperidine rings is 3. The van der Waals surface area contributed by atoms with Crippen LogP contribution in [0.3, 0.4) is 0 Å². The van der Waals surface area contributed by atoms with Crippen LogP contribution in [-0.4, -0.2) is 66.0 Å². The van der Waals surface area contributed by atoms with E-state index in [1.54, 1.807) is 0 Å². The van der Waals surface area contributed by atoms with Gasteiger partial charge in [0.15, 0.2) is 12.6 Å². The molecule has 0 unspecified atom stereocenters. The highest BCUT2D eigenvalue weighted by atomic mass is 79.9. The average Bonchev–Trinajstić information content (AvgIpc) is 2.66. The number of fused-ring (bicyclic) bond motifs is 3. The molecule has 3 aliphatic heterocycles. The summed E-state index contributed by atoms with van der Waals surface area (Å²) in [5.74, 6) is 0.0936. The first-order valence-corrected chi connectivity index (χ1v) is 12.0. The molecule has 0 spiro atoms. The number of ether oxygens (including phenoxy) is 3. The lowest BCUT2D eigenvalue weighted by atomic mass is 9.83. The van der Waals surface area contributed by atoms with Crippen LogP contribution >= 0.6 is 0 Å². The van der Waals surface area contributed by atoms with Crippen LogP contribution in [0.5, 0.6) is 0 Å². The summed E-state index contributed by atoms with van der Waals surface area (Å²) >= 11 is 0. The zero-order valence-corrected chi connectivity index (χ0v) is 23.6. The molecule has 3 saturated heterocycles. The predicted octanol–water partition coefficient (Wildman–Crippen LogP) is 1.54. The summed E-state index contributed by atoms with van der Waals surface area (Å²) in [5.41, 5.74) is -0.167. The standard InChI is InChI=1S/C15H26NO4.C11H15NO2.BrH/c1-11(17)19-13-9-16(7-5-12(13)6-8-16)10-14(18)20-15(2,3)4;1-11(2,3)14-10(13)12-9-7-5-4-6-8-9;/h12-13H,5-10H2,1-4H3;4-8H,1-3H3,(H,12,13);1H/q+1;;/p-1/t12?,13-,16?;;/m0../s1. The van der Waals surface area contributed by atoms with Crippen molar-refractivity contribution in [3.63, 3.8) is 0 Å². The van der Waals surface area contributed by atoms with E-state index in [4.69, 9.17) is 14.2 Å². The van der Waals surface area contributed by atoms with Gasteiger partial charge in [-0.3, -0.25) is 10.1 Å². The summed E-state index contributed by atoms with van der Waals surface area (Å²) in [7, 11) is 0. The number of quaternary nitrogens is 1. The number of benzene rings is 1. The Morgan fingerprint density at radius 2 is 1.49 bits per heavy atom. The molecular formula is C26H41BrN2O6. The Labute approximate surface area is 220 Å². The van der Waals surface area contributed by atoms with E-state index in [-0.39, 0.29) is 35.0 Å². The maximum absolute atomic E-state index is 12.1. The molecule has 0 radical (unpaired) electrons. The second-order valence-corrected chi connectivity index (χ2v) is 11.2. The first-order chi connectivity index (χ1) is 15.7. The molecule has 3 heterocycles. The number of carbonyl (C=O) groups excluding carboxylic acids is 3. The normalized spacial score (nSPS) is 23.1. The fraction of sp³-hybridized carbons (Fsp3) is 0.654. The van der Waals surface area contributed by atoms with Gasteiger partial charge in [-0.1, -0.05) is 18.2 Å². The van der Waals surface area contributed by atoms with Gasteiger partial charge in [0.05, 0.1) is 13.1 Å². The van der Waals surface area contributed by atoms with Crippen LogP contribution < -0.4 is 22.3 Å². The molecular weight excluding hydrogens is 516 g/mol. The molecule has 0 aliphatic carbocycles. The van der Waals surface area contributed by atoms with E-state index in [9.17, 15) is 14.4 Å². The second kappa shape index (κ2) is 12.7. The SMILES string of the molecule is CC(=O)O[C@H]1C[N+]2(CC(=O)OC(C)(C)C)CCC1CC2.CC(C)(C)OC(=O)Nc1ccccc1.[Br-]. The lowest BCUT2D eigenvalue weighted by Gasteiger charge is -2.51. The lowest BCUT2D eigenvalue weighted by molar-refractivity contribution is -0.939. The third-order valence-corrected chi connectivity index (χ3v) is 5.66. The van der Waals surface area contributed by atoms with Crippen LogP contribution in [0.1, 0.15) is 61.3 Å². The van der Waals surface area contributed by atoms with Crippen LogP contribution in [0, 0.1) is 5.92 Å². The number of nitrogens with zero attached hydrogens (tertiary/aromatic N) is 1. The van der Waals surface area contributed by atoms with Crippen LogP contribution in [0.15, 0.2) is 30.3 Å². The summed E-state index contributed by atoms with van der Waals surface area (Å²) in [5, 5.41) is 2.64. The van der Waals surface area contributed by atoms with Gasteiger partial charge >= 0.3 is 18.0 Å². The van der Waals surface area contributed by atoms with Crippen molar-refractivity contribution in [2.45, 2.75) is 78.6 Å². The molecule has 1 amide bonds. The molecule has 198 valence electrons. The Kier molecular flexibility index (Phi) is 11.2. The predicted molar refractivity (Wildman–Crippen MR) is 130 cm³/mol. The van der Waals surface area contributed by atoms with Gasteiger partial charge in [0.2, 0.25) is 0 Å². The second-order valence-electron chi connectivity index (χ2n) is 11.2. The third kappa shape index (κ3) is 11.4. The van der Waals surface area contributed by atoms with Crippen LogP contribution in [0.2, 0.25) is 0 Å². The maximum atomic E-state index is 12.1. The Bertz CT molecular complexity index is 840. The highest BCUT2D eigenvalue weighted by Crippen LogP contribution is 2.35. The van der Waals surface area contributed by atoms with Gasteiger partial charge in [0.1, 0.15) is 17.7 Å². The highest BCUT2D eigenvalue weighted by molar-refractivity contribution is 5.84. The summed E-state index contributed by atoms with van der Waals surface area (Å²) in [6, 6.07) is 9.22. The molecule has 1 atom stereocenters. The molecule has 9 heteroatoms. The molecule has 8 nitrogen and oxygen atoms in total. The number of nitrogens with one attached hydrogen (secondary N) is 1. The highest BCUT2D eigenvalue weighted by Gasteiger charge is 2.48. The number of rotatable bonds is 4. The van der Waals surface area contributed by atoms with Gasteiger partial charge in [-0.05, 0) is 53.7 Å². The van der Waals surface area contributed by atoms with Gasteiger partial charge in [0.25, 0.3) is 0 Å². The minimum absolute atomic E-state index is 0. The minimum Gasteiger partial charge on any atom is -1.00 e. The van der Waals surface area contributed by atoms with E-state index in [0.29, 0.717) is 16.9 Å². The summed E-state index contributed by atoms with van der Waals surface area (Å²) in [6.45, 7) is 15.7. The van der Waals surface area contributed by atoms with E-state index in [1.807, 2.05) is 71.9 Å². The molecule has 3 fully saturated rings. The largest absolute Gasteiger partial charge is 1.00 e. The van der Waals surface area contributed by atoms with E-state index in [1.165, 1.54) is 6.92 Å². The fourth-order valence-electron chi connectivity index (χ4n) is 4.38. The van der Waals surface area contributed by atoms with Crippen molar-refractivity contribution in [3.8, 4) is 0 Å². The van der Waals surface area contributed by atoms with Crippen LogP contribution in [0.4, 0.5) is 10.5 Å². The van der Waals surface area contributed by atoms with Gasteiger partial charge < -0.3 is 35.7 Å². The van der Waals surface area contributed by atoms with Gasteiger partial charge in [-0.2, -0.15) is 0 Å². The van der Waals surface area contributed by atoms with Crippen molar-refractivity contribution in [1.82, 2.24) is 0 Å². The number of halogens is 1. The smallest absolute Gasteiger partial charge is 0.412 e. The van der Waals surface area contributed by atoms with Crippen molar-refractivity contribution < 1.29 is 50.1 Å². The quantitative estimate of drug-likeness (QED) is 0.343. The molecule has 0 aromatic heterocycles. The molecule has 1 aromatic carbocycles. The fourth-order valence-corrected chi connectivity index (χ4v) is 4.38. The van der Waals surface area contributed by atoms with Crippen LogP contribution in [0.25, 0.3) is 0 Å². The number of esters is 2. The Balaban J connectivity index is 0.000000362. The molecule has 2 bridgehead atoms. The zero-order chi connectivity index (χ0) is 25.6. The topological polar surface area (TPSA) is 90.9 Å². The van der Waals surface area contributed by atoms with Crippen molar-refractivity contribution in [3.05, 3.63) is 30.3 Å². The van der Waals surface area contributed by atoms with Crippen molar-refractivity contribution in [2.75, 3.05) is 31.5 Å². The summed E-state index contributed by atoms with van der Waals surface area (Å²) in [4.78, 5) is 34.6. The van der Waals surface area contributed by atoms with Crippen molar-refractivity contribution in [2.24, 2.45) is 5.92 Å². The summed E-state index contributed by atoms with van der Waals surface area (Å²) in [6.07, 6.45) is 1.60. The van der Waals surface area contributed by atoms with Crippen molar-refractivity contribution in [1.29, 1.82) is 0 Å². The van der Waals surface area contributed by atoms with E-state index in [0.717, 1.165) is 38.2 Å². The average molecular weight is 558 g/mol. The van der Waals surface area contributed by atoms with E-state index >= 15 is 0 Å². The maximum Gasteiger partial charge on any atom is 0.412 e. The Hall–Kier alpha value is -2.13. The number of anilines is 1. The number of carbonyl (C=O) groups is 3. The van der Waals surface area contributed by atoms with Crippen molar-refractivity contribution >= 4 is 23.7 Å². The molecule has 3 aliphatic rings. The monoisotopic (exact) mass is 556 g/mol. The minimum atomic E-state index is -0.459. The molecule has 1 N–H and O–H groups in total. The first kappa shape index (κ1) is 30.9. The third-order valence-electron chi connectivity index (χ3n) is 5.66.